The first-order valence-corrected chi connectivity index (χ1v) is 8.20. The number of hydrogen-bond donors (Lipinski definition) is 4. The van der Waals surface area contributed by atoms with E-state index in [4.69, 9.17) is 12.2 Å². The molecule has 124 valence electrons. The van der Waals surface area contributed by atoms with Crippen LogP contribution in [-0.4, -0.2) is 18.2 Å². The summed E-state index contributed by atoms with van der Waals surface area (Å²) in [5.41, 5.74) is 14.2. The Bertz CT molecular complexity index is 596. The zero-order valence-electron chi connectivity index (χ0n) is 13.4. The van der Waals surface area contributed by atoms with E-state index >= 15 is 0 Å². The molecule has 0 amide bonds. The van der Waals surface area contributed by atoms with Crippen molar-refractivity contribution in [2.75, 3.05) is 13.1 Å². The van der Waals surface area contributed by atoms with Crippen molar-refractivity contribution in [3.05, 3.63) is 83.9 Å². The fourth-order valence-corrected chi connectivity index (χ4v) is 2.07. The maximum Gasteiger partial charge on any atom is 0.195 e. The van der Waals surface area contributed by atoms with Crippen LogP contribution in [0.25, 0.3) is 12.2 Å². The van der Waals surface area contributed by atoms with Gasteiger partial charge in [0.05, 0.1) is 0 Å². The van der Waals surface area contributed by atoms with Gasteiger partial charge in [0, 0.05) is 13.1 Å². The fourth-order valence-electron chi connectivity index (χ4n) is 1.93. The summed E-state index contributed by atoms with van der Waals surface area (Å²) in [6, 6.07) is 20.3. The third kappa shape index (κ3) is 7.69. The lowest BCUT2D eigenvalue weighted by molar-refractivity contribution is 0.651. The van der Waals surface area contributed by atoms with Gasteiger partial charge in [-0.3, -0.25) is 10.9 Å². The second kappa shape index (κ2) is 11.1. The van der Waals surface area contributed by atoms with E-state index in [0.29, 0.717) is 18.2 Å². The topological polar surface area (TPSA) is 48.1 Å². The average Bonchev–Trinajstić information content (AvgIpc) is 2.63. The Balaban J connectivity index is 1.52. The number of rotatable bonds is 8. The highest BCUT2D eigenvalue weighted by Gasteiger charge is 1.90. The summed E-state index contributed by atoms with van der Waals surface area (Å²) in [7, 11) is 0. The van der Waals surface area contributed by atoms with E-state index < -0.39 is 0 Å². The zero-order chi connectivity index (χ0) is 16.9. The van der Waals surface area contributed by atoms with Crippen molar-refractivity contribution in [1.82, 2.24) is 21.7 Å². The second-order valence-electron chi connectivity index (χ2n) is 4.97. The second-order valence-corrected chi connectivity index (χ2v) is 5.38. The number of thiocarbonyl (C=S) groups is 1. The van der Waals surface area contributed by atoms with Gasteiger partial charge in [-0.25, -0.2) is 10.9 Å². The van der Waals surface area contributed by atoms with Gasteiger partial charge in [-0.1, -0.05) is 85.0 Å². The van der Waals surface area contributed by atoms with Crippen LogP contribution in [0.4, 0.5) is 0 Å². The SMILES string of the molecule is S=C(NNC/C=C/c1ccccc1)NNC/C=C/c1ccccc1. The molecular formula is C19H22N4S. The summed E-state index contributed by atoms with van der Waals surface area (Å²) in [5.74, 6) is 0. The molecule has 0 unspecified atom stereocenters. The van der Waals surface area contributed by atoms with Crippen LogP contribution in [0.1, 0.15) is 11.1 Å². The van der Waals surface area contributed by atoms with E-state index in [1.807, 2.05) is 48.6 Å². The van der Waals surface area contributed by atoms with Crippen LogP contribution in [0.5, 0.6) is 0 Å². The Hall–Kier alpha value is -2.47. The van der Waals surface area contributed by atoms with E-state index in [2.05, 4.69) is 58.1 Å². The van der Waals surface area contributed by atoms with Crippen molar-refractivity contribution in [2.45, 2.75) is 0 Å². The highest BCUT2D eigenvalue weighted by atomic mass is 32.1. The molecule has 2 aromatic carbocycles. The molecule has 0 bridgehead atoms. The first-order valence-electron chi connectivity index (χ1n) is 7.79. The number of benzene rings is 2. The van der Waals surface area contributed by atoms with Crippen molar-refractivity contribution in [2.24, 2.45) is 0 Å². The third-order valence-electron chi connectivity index (χ3n) is 3.06. The molecular weight excluding hydrogens is 316 g/mol. The van der Waals surface area contributed by atoms with Crippen LogP contribution in [0.3, 0.4) is 0 Å². The Labute approximate surface area is 148 Å². The minimum atomic E-state index is 0.497. The lowest BCUT2D eigenvalue weighted by Crippen LogP contribution is -2.49. The fraction of sp³-hybridized carbons (Fsp3) is 0.105. The van der Waals surface area contributed by atoms with Gasteiger partial charge in [0.1, 0.15) is 0 Å². The molecule has 0 atom stereocenters. The van der Waals surface area contributed by atoms with Crippen LogP contribution in [-0.2, 0) is 0 Å². The monoisotopic (exact) mass is 338 g/mol. The van der Waals surface area contributed by atoms with Crippen molar-refractivity contribution in [1.29, 1.82) is 0 Å². The predicted octanol–water partition coefficient (Wildman–Crippen LogP) is 2.89. The third-order valence-corrected chi connectivity index (χ3v) is 3.27. The Kier molecular flexibility index (Phi) is 8.29. The Morgan fingerprint density at radius 1 is 0.708 bits per heavy atom. The van der Waals surface area contributed by atoms with Gasteiger partial charge in [-0.2, -0.15) is 0 Å². The number of hydrogen-bond acceptors (Lipinski definition) is 3. The molecule has 0 aromatic heterocycles. The molecule has 4 nitrogen and oxygen atoms in total. The lowest BCUT2D eigenvalue weighted by atomic mass is 10.2. The largest absolute Gasteiger partial charge is 0.297 e. The molecule has 0 aliphatic rings. The highest BCUT2D eigenvalue weighted by molar-refractivity contribution is 7.80. The Morgan fingerprint density at radius 2 is 1.12 bits per heavy atom. The van der Waals surface area contributed by atoms with Crippen LogP contribution in [0.15, 0.2) is 72.8 Å². The van der Waals surface area contributed by atoms with Gasteiger partial charge in [-0.15, -0.1) is 0 Å². The summed E-state index contributed by atoms with van der Waals surface area (Å²) in [5, 5.41) is 0.497. The summed E-state index contributed by atoms with van der Waals surface area (Å²) in [4.78, 5) is 0. The normalized spacial score (nSPS) is 11.0. The number of nitrogens with one attached hydrogen (secondary N) is 4. The van der Waals surface area contributed by atoms with Crippen LogP contribution in [0, 0.1) is 0 Å². The van der Waals surface area contributed by atoms with Crippen molar-refractivity contribution in [3.8, 4) is 0 Å². The molecule has 0 saturated carbocycles. The average molecular weight is 338 g/mol. The van der Waals surface area contributed by atoms with Gasteiger partial charge in [-0.05, 0) is 23.3 Å². The van der Waals surface area contributed by atoms with Crippen molar-refractivity contribution >= 4 is 29.5 Å². The molecule has 0 aliphatic carbocycles. The molecule has 2 aromatic rings. The molecule has 4 N–H and O–H groups in total. The van der Waals surface area contributed by atoms with Gasteiger partial charge in [0.15, 0.2) is 5.11 Å². The zero-order valence-corrected chi connectivity index (χ0v) is 14.2. The molecule has 0 spiro atoms. The molecule has 0 heterocycles. The molecule has 2 rings (SSSR count). The van der Waals surface area contributed by atoms with Crippen LogP contribution >= 0.6 is 12.2 Å². The maximum absolute atomic E-state index is 5.14. The van der Waals surface area contributed by atoms with Gasteiger partial charge >= 0.3 is 0 Å². The first kappa shape index (κ1) is 17.9. The minimum absolute atomic E-state index is 0.497. The maximum atomic E-state index is 5.14. The van der Waals surface area contributed by atoms with Crippen molar-refractivity contribution < 1.29 is 0 Å². The van der Waals surface area contributed by atoms with Gasteiger partial charge in [0.2, 0.25) is 0 Å². The molecule has 5 heteroatoms. The molecule has 24 heavy (non-hydrogen) atoms. The van der Waals surface area contributed by atoms with Crippen LogP contribution in [0.2, 0.25) is 0 Å². The predicted molar refractivity (Wildman–Crippen MR) is 106 cm³/mol. The smallest absolute Gasteiger partial charge is 0.195 e. The van der Waals surface area contributed by atoms with E-state index in [1.165, 1.54) is 11.1 Å². The molecule has 0 saturated heterocycles. The van der Waals surface area contributed by atoms with E-state index in [9.17, 15) is 0 Å². The minimum Gasteiger partial charge on any atom is -0.297 e. The Morgan fingerprint density at radius 3 is 1.54 bits per heavy atom. The van der Waals surface area contributed by atoms with Crippen LogP contribution < -0.4 is 21.7 Å². The standard InChI is InChI=1S/C19H22N4S/c24-19(22-20-15-7-13-17-9-3-1-4-10-17)23-21-16-8-14-18-11-5-2-6-12-18/h1-14,20-21H,15-16H2,(H2,22,23,24)/b13-7+,14-8+. The highest BCUT2D eigenvalue weighted by Crippen LogP contribution is 2.00. The number of hydrazine groups is 2. The molecule has 0 aliphatic heterocycles. The molecule has 0 radical (unpaired) electrons. The van der Waals surface area contributed by atoms with Gasteiger partial charge < -0.3 is 0 Å². The van der Waals surface area contributed by atoms with Crippen molar-refractivity contribution in [3.63, 3.8) is 0 Å². The van der Waals surface area contributed by atoms with E-state index in [0.717, 1.165) is 0 Å². The summed E-state index contributed by atoms with van der Waals surface area (Å²) >= 11 is 5.14. The van der Waals surface area contributed by atoms with Gasteiger partial charge in [0.25, 0.3) is 0 Å². The summed E-state index contributed by atoms with van der Waals surface area (Å²) in [6.45, 7) is 1.34. The van der Waals surface area contributed by atoms with E-state index in [1.54, 1.807) is 0 Å². The first-order chi connectivity index (χ1) is 11.8. The lowest BCUT2D eigenvalue weighted by Gasteiger charge is -2.10. The quantitative estimate of drug-likeness (QED) is 0.339. The summed E-state index contributed by atoms with van der Waals surface area (Å²) < 4.78 is 0. The van der Waals surface area contributed by atoms with E-state index in [-0.39, 0.29) is 0 Å². The molecule has 0 fully saturated rings. The summed E-state index contributed by atoms with van der Waals surface area (Å²) in [6.07, 6.45) is 8.16.